The van der Waals surface area contributed by atoms with Crippen LogP contribution in [-0.4, -0.2) is 5.91 Å². The summed E-state index contributed by atoms with van der Waals surface area (Å²) in [6.07, 6.45) is 0. The smallest absolute Gasteiger partial charge is 0.253 e. The molecule has 0 spiro atoms. The Morgan fingerprint density at radius 2 is 1.81 bits per heavy atom. The van der Waals surface area contributed by atoms with Crippen LogP contribution in [0.1, 0.15) is 35.8 Å². The minimum absolute atomic E-state index is 0.152. The Morgan fingerprint density at radius 1 is 1.14 bits per heavy atom. The molecule has 3 nitrogen and oxygen atoms in total. The van der Waals surface area contributed by atoms with E-state index in [-0.39, 0.29) is 29.1 Å². The highest BCUT2D eigenvalue weighted by Gasteiger charge is 2.20. The molecule has 0 aliphatic rings. The zero-order chi connectivity index (χ0) is 15.4. The van der Waals surface area contributed by atoms with Crippen LogP contribution in [0.4, 0.5) is 10.1 Å². The lowest BCUT2D eigenvalue weighted by Gasteiger charge is -2.23. The lowest BCUT2D eigenvalue weighted by Crippen LogP contribution is -2.32. The van der Waals surface area contributed by atoms with Gasteiger partial charge in [0.2, 0.25) is 0 Å². The summed E-state index contributed by atoms with van der Waals surface area (Å²) in [4.78, 5) is 12.3. The van der Waals surface area contributed by atoms with Crippen LogP contribution in [0.15, 0.2) is 48.5 Å². The van der Waals surface area contributed by atoms with Crippen molar-refractivity contribution in [3.05, 3.63) is 65.5 Å². The van der Waals surface area contributed by atoms with E-state index in [1.807, 2.05) is 44.2 Å². The Bertz CT molecular complexity index is 626. The maximum Gasteiger partial charge on any atom is 0.253 e. The summed E-state index contributed by atoms with van der Waals surface area (Å²) < 4.78 is 13.3. The number of carbonyl (C=O) groups is 1. The maximum atomic E-state index is 13.3. The molecule has 1 amide bonds. The van der Waals surface area contributed by atoms with Gasteiger partial charge in [0.05, 0.1) is 11.6 Å². The SMILES string of the molecule is CC(C)C(NC(=O)c1cc(F)ccc1N)c1ccccc1. The van der Waals surface area contributed by atoms with Crippen molar-refractivity contribution in [2.75, 3.05) is 5.73 Å². The maximum absolute atomic E-state index is 13.3. The van der Waals surface area contributed by atoms with Crippen molar-refractivity contribution in [2.45, 2.75) is 19.9 Å². The fourth-order valence-electron chi connectivity index (χ4n) is 2.24. The van der Waals surface area contributed by atoms with Crippen molar-refractivity contribution in [2.24, 2.45) is 5.92 Å². The molecule has 0 fully saturated rings. The van der Waals surface area contributed by atoms with Crippen LogP contribution in [-0.2, 0) is 0 Å². The van der Waals surface area contributed by atoms with Crippen molar-refractivity contribution in [1.82, 2.24) is 5.32 Å². The second kappa shape index (κ2) is 6.39. The van der Waals surface area contributed by atoms with Gasteiger partial charge in [0.25, 0.3) is 5.91 Å². The van der Waals surface area contributed by atoms with Gasteiger partial charge in [-0.25, -0.2) is 4.39 Å². The van der Waals surface area contributed by atoms with Crippen molar-refractivity contribution in [3.8, 4) is 0 Å². The van der Waals surface area contributed by atoms with Crippen LogP contribution in [0.5, 0.6) is 0 Å². The molecule has 0 aromatic heterocycles. The third-order valence-electron chi connectivity index (χ3n) is 3.37. The Hall–Kier alpha value is -2.36. The number of carbonyl (C=O) groups excluding carboxylic acids is 1. The second-order valence-electron chi connectivity index (χ2n) is 5.34. The zero-order valence-electron chi connectivity index (χ0n) is 12.1. The number of hydrogen-bond acceptors (Lipinski definition) is 2. The Balaban J connectivity index is 2.25. The number of anilines is 1. The first-order chi connectivity index (χ1) is 9.99. The highest BCUT2D eigenvalue weighted by molar-refractivity contribution is 5.99. The van der Waals surface area contributed by atoms with Crippen LogP contribution in [0, 0.1) is 11.7 Å². The van der Waals surface area contributed by atoms with Gasteiger partial charge < -0.3 is 11.1 Å². The summed E-state index contributed by atoms with van der Waals surface area (Å²) >= 11 is 0. The van der Waals surface area contributed by atoms with Crippen molar-refractivity contribution >= 4 is 11.6 Å². The van der Waals surface area contributed by atoms with Crippen LogP contribution in [0.25, 0.3) is 0 Å². The second-order valence-corrected chi connectivity index (χ2v) is 5.34. The molecule has 0 aliphatic carbocycles. The highest BCUT2D eigenvalue weighted by Crippen LogP contribution is 2.23. The molecule has 2 rings (SSSR count). The average molecular weight is 286 g/mol. The molecule has 0 aliphatic heterocycles. The first-order valence-corrected chi connectivity index (χ1v) is 6.90. The molecule has 0 saturated carbocycles. The first-order valence-electron chi connectivity index (χ1n) is 6.90. The molecule has 1 unspecified atom stereocenters. The topological polar surface area (TPSA) is 55.1 Å². The summed E-state index contributed by atoms with van der Waals surface area (Å²) in [7, 11) is 0. The van der Waals surface area contributed by atoms with E-state index in [9.17, 15) is 9.18 Å². The summed E-state index contributed by atoms with van der Waals surface area (Å²) in [6, 6.07) is 13.3. The summed E-state index contributed by atoms with van der Waals surface area (Å²) in [5.41, 5.74) is 7.19. The number of amides is 1. The molecule has 4 heteroatoms. The van der Waals surface area contributed by atoms with Gasteiger partial charge in [-0.05, 0) is 29.7 Å². The van der Waals surface area contributed by atoms with Crippen LogP contribution < -0.4 is 11.1 Å². The molecule has 0 radical (unpaired) electrons. The zero-order valence-corrected chi connectivity index (χ0v) is 12.1. The number of rotatable bonds is 4. The molecule has 21 heavy (non-hydrogen) atoms. The molecular weight excluding hydrogens is 267 g/mol. The minimum Gasteiger partial charge on any atom is -0.398 e. The van der Waals surface area contributed by atoms with Crippen LogP contribution in [0.3, 0.4) is 0 Å². The van der Waals surface area contributed by atoms with Gasteiger partial charge in [-0.1, -0.05) is 44.2 Å². The number of nitrogen functional groups attached to an aromatic ring is 1. The number of benzene rings is 2. The van der Waals surface area contributed by atoms with Gasteiger partial charge >= 0.3 is 0 Å². The number of halogens is 1. The third-order valence-corrected chi connectivity index (χ3v) is 3.37. The minimum atomic E-state index is -0.477. The van der Waals surface area contributed by atoms with E-state index in [2.05, 4.69) is 5.32 Å². The van der Waals surface area contributed by atoms with Crippen molar-refractivity contribution < 1.29 is 9.18 Å². The van der Waals surface area contributed by atoms with E-state index >= 15 is 0 Å². The normalized spacial score (nSPS) is 12.2. The van der Waals surface area contributed by atoms with Crippen molar-refractivity contribution in [3.63, 3.8) is 0 Å². The van der Waals surface area contributed by atoms with E-state index in [1.165, 1.54) is 12.1 Å². The van der Waals surface area contributed by atoms with E-state index in [4.69, 9.17) is 5.73 Å². The van der Waals surface area contributed by atoms with Gasteiger partial charge in [-0.3, -0.25) is 4.79 Å². The standard InChI is InChI=1S/C17H19FN2O/c1-11(2)16(12-6-4-3-5-7-12)20-17(21)14-10-13(18)8-9-15(14)19/h3-11,16H,19H2,1-2H3,(H,20,21). The molecular formula is C17H19FN2O. The number of nitrogens with one attached hydrogen (secondary N) is 1. The van der Waals surface area contributed by atoms with E-state index in [0.29, 0.717) is 0 Å². The third kappa shape index (κ3) is 3.60. The van der Waals surface area contributed by atoms with E-state index < -0.39 is 5.82 Å². The van der Waals surface area contributed by atoms with Crippen LogP contribution >= 0.6 is 0 Å². The summed E-state index contributed by atoms with van der Waals surface area (Å²) in [5.74, 6) is -0.643. The highest BCUT2D eigenvalue weighted by atomic mass is 19.1. The van der Waals surface area contributed by atoms with Gasteiger partial charge in [0.1, 0.15) is 5.82 Å². The monoisotopic (exact) mass is 286 g/mol. The molecule has 0 saturated heterocycles. The first kappa shape index (κ1) is 15.0. The Labute approximate surface area is 124 Å². The van der Waals surface area contributed by atoms with Gasteiger partial charge in [0, 0.05) is 5.69 Å². The molecule has 2 aromatic carbocycles. The average Bonchev–Trinajstić information content (AvgIpc) is 2.47. The molecule has 0 heterocycles. The molecule has 2 aromatic rings. The quantitative estimate of drug-likeness (QED) is 0.845. The predicted octanol–water partition coefficient (Wildman–Crippen LogP) is 3.54. The predicted molar refractivity (Wildman–Crippen MR) is 82.3 cm³/mol. The van der Waals surface area contributed by atoms with Gasteiger partial charge in [-0.2, -0.15) is 0 Å². The van der Waals surface area contributed by atoms with Crippen LogP contribution in [0.2, 0.25) is 0 Å². The van der Waals surface area contributed by atoms with Crippen molar-refractivity contribution in [1.29, 1.82) is 0 Å². The van der Waals surface area contributed by atoms with E-state index in [0.717, 1.165) is 11.6 Å². The molecule has 1 atom stereocenters. The lowest BCUT2D eigenvalue weighted by atomic mass is 9.95. The van der Waals surface area contributed by atoms with Gasteiger partial charge in [-0.15, -0.1) is 0 Å². The summed E-state index contributed by atoms with van der Waals surface area (Å²) in [6.45, 7) is 4.04. The Kier molecular flexibility index (Phi) is 4.58. The largest absolute Gasteiger partial charge is 0.398 e. The number of nitrogens with two attached hydrogens (primary N) is 1. The van der Waals surface area contributed by atoms with Gasteiger partial charge in [0.15, 0.2) is 0 Å². The molecule has 110 valence electrons. The molecule has 0 bridgehead atoms. The van der Waals surface area contributed by atoms with E-state index in [1.54, 1.807) is 0 Å². The fourth-order valence-corrected chi connectivity index (χ4v) is 2.24. The number of hydrogen-bond donors (Lipinski definition) is 2. The molecule has 3 N–H and O–H groups in total. The summed E-state index contributed by atoms with van der Waals surface area (Å²) in [5, 5.41) is 2.93. The Morgan fingerprint density at radius 3 is 2.43 bits per heavy atom. The lowest BCUT2D eigenvalue weighted by molar-refractivity contribution is 0.0926. The fraction of sp³-hybridized carbons (Fsp3) is 0.235.